The molecule has 2 aromatic rings. The summed E-state index contributed by atoms with van der Waals surface area (Å²) in [7, 11) is 0. The molecule has 1 aliphatic rings. The van der Waals surface area contributed by atoms with E-state index in [9.17, 15) is 4.79 Å². The van der Waals surface area contributed by atoms with Crippen LogP contribution in [0.2, 0.25) is 5.02 Å². The second-order valence-electron chi connectivity index (χ2n) is 4.64. The summed E-state index contributed by atoms with van der Waals surface area (Å²) in [6.45, 7) is 0.735. The van der Waals surface area contributed by atoms with Crippen LogP contribution < -0.4 is 0 Å². The molecule has 19 heavy (non-hydrogen) atoms. The minimum absolute atomic E-state index is 0.442. The molecule has 0 spiro atoms. The molecule has 4 heteroatoms. The smallest absolute Gasteiger partial charge is 0.160 e. The molecule has 1 atom stereocenters. The van der Waals surface area contributed by atoms with Crippen molar-refractivity contribution in [3.05, 3.63) is 56.7 Å². The molecule has 98 valence electrons. The van der Waals surface area contributed by atoms with E-state index in [0.29, 0.717) is 5.02 Å². The van der Waals surface area contributed by atoms with Gasteiger partial charge in [0.2, 0.25) is 0 Å². The monoisotopic (exact) mass is 292 g/mol. The molecular formula is C15H13ClO2S. The third-order valence-electron chi connectivity index (χ3n) is 3.51. The Hall–Kier alpha value is -1.16. The Morgan fingerprint density at radius 3 is 2.84 bits per heavy atom. The first-order valence-electron chi connectivity index (χ1n) is 6.19. The number of hydrogen-bond acceptors (Lipinski definition) is 3. The first-order valence-corrected chi connectivity index (χ1v) is 7.44. The Bertz CT molecular complexity index is 600. The lowest BCUT2D eigenvalue weighted by Gasteiger charge is -2.28. The van der Waals surface area contributed by atoms with Crippen LogP contribution >= 0.6 is 22.9 Å². The number of aldehydes is 1. The highest BCUT2D eigenvalue weighted by molar-refractivity contribution is 7.11. The maximum Gasteiger partial charge on any atom is 0.160 e. The van der Waals surface area contributed by atoms with Crippen molar-refractivity contribution < 1.29 is 9.53 Å². The van der Waals surface area contributed by atoms with Crippen LogP contribution in [-0.2, 0) is 10.3 Å². The van der Waals surface area contributed by atoms with E-state index in [0.717, 1.165) is 41.7 Å². The van der Waals surface area contributed by atoms with Gasteiger partial charge in [0, 0.05) is 11.6 Å². The number of carbonyl (C=O) groups excluding carboxylic acids is 1. The number of hydrogen-bond donors (Lipinski definition) is 0. The summed E-state index contributed by atoms with van der Waals surface area (Å²) >= 11 is 7.55. The average Bonchev–Trinajstić information content (AvgIpc) is 3.08. The van der Waals surface area contributed by atoms with Gasteiger partial charge in [-0.3, -0.25) is 4.79 Å². The van der Waals surface area contributed by atoms with E-state index in [2.05, 4.69) is 0 Å². The van der Waals surface area contributed by atoms with Crippen molar-refractivity contribution in [3.8, 4) is 0 Å². The van der Waals surface area contributed by atoms with E-state index >= 15 is 0 Å². The van der Waals surface area contributed by atoms with E-state index in [1.165, 1.54) is 11.3 Å². The van der Waals surface area contributed by atoms with Crippen molar-refractivity contribution in [1.82, 2.24) is 0 Å². The molecule has 2 nitrogen and oxygen atoms in total. The zero-order chi connectivity index (χ0) is 13.3. The van der Waals surface area contributed by atoms with E-state index in [1.54, 1.807) is 0 Å². The lowest BCUT2D eigenvalue weighted by atomic mass is 9.85. The second kappa shape index (κ2) is 5.08. The normalized spacial score (nSPS) is 22.6. The highest BCUT2D eigenvalue weighted by Gasteiger charge is 2.39. The summed E-state index contributed by atoms with van der Waals surface area (Å²) in [5.41, 5.74) is 1.68. The number of ether oxygens (including phenoxy) is 1. The highest BCUT2D eigenvalue weighted by Crippen LogP contribution is 2.44. The molecule has 0 unspecified atom stereocenters. The van der Waals surface area contributed by atoms with Crippen molar-refractivity contribution in [3.63, 3.8) is 0 Å². The van der Waals surface area contributed by atoms with Gasteiger partial charge in [-0.15, -0.1) is 11.3 Å². The zero-order valence-electron chi connectivity index (χ0n) is 10.3. The molecule has 3 rings (SSSR count). The number of halogens is 1. The Kier molecular flexibility index (Phi) is 3.44. The maximum absolute atomic E-state index is 10.9. The van der Waals surface area contributed by atoms with Crippen LogP contribution in [0.5, 0.6) is 0 Å². The van der Waals surface area contributed by atoms with Crippen LogP contribution in [0.15, 0.2) is 35.7 Å². The van der Waals surface area contributed by atoms with Gasteiger partial charge in [0.25, 0.3) is 0 Å². The van der Waals surface area contributed by atoms with Gasteiger partial charge in [-0.2, -0.15) is 0 Å². The Balaban J connectivity index is 2.11. The summed E-state index contributed by atoms with van der Waals surface area (Å²) in [5, 5.41) is 2.72. The standard InChI is InChI=1S/C15H13ClO2S/c16-13-4-1-3-11(7-13)15(5-2-6-18-15)12-8-14(9-17)19-10-12/h1,3-4,7-10H,2,5-6H2/t15-/m1/s1. The average molecular weight is 293 g/mol. The van der Waals surface area contributed by atoms with Crippen LogP contribution in [0.25, 0.3) is 0 Å². The van der Waals surface area contributed by atoms with E-state index in [1.807, 2.05) is 35.7 Å². The van der Waals surface area contributed by atoms with Crippen LogP contribution in [0, 0.1) is 0 Å². The molecule has 0 N–H and O–H groups in total. The van der Waals surface area contributed by atoms with Crippen molar-refractivity contribution in [1.29, 1.82) is 0 Å². The van der Waals surface area contributed by atoms with Crippen LogP contribution in [0.4, 0.5) is 0 Å². The molecule has 1 aromatic carbocycles. The topological polar surface area (TPSA) is 26.3 Å². The SMILES string of the molecule is O=Cc1cc([C@]2(c3cccc(Cl)c3)CCCO2)cs1. The number of thiophene rings is 1. The largest absolute Gasteiger partial charge is 0.366 e. The van der Waals surface area contributed by atoms with Gasteiger partial charge >= 0.3 is 0 Å². The molecule has 1 aromatic heterocycles. The van der Waals surface area contributed by atoms with Crippen molar-refractivity contribution >= 4 is 29.2 Å². The summed E-state index contributed by atoms with van der Waals surface area (Å²) in [5.74, 6) is 0. The number of carbonyl (C=O) groups is 1. The van der Waals surface area contributed by atoms with Gasteiger partial charge in [0.1, 0.15) is 5.60 Å². The van der Waals surface area contributed by atoms with Gasteiger partial charge in [0.15, 0.2) is 6.29 Å². The first kappa shape index (κ1) is 12.9. The molecule has 1 aliphatic heterocycles. The Labute approximate surface area is 121 Å². The summed E-state index contributed by atoms with van der Waals surface area (Å²) in [6, 6.07) is 9.71. The van der Waals surface area contributed by atoms with Crippen LogP contribution in [-0.4, -0.2) is 12.9 Å². The van der Waals surface area contributed by atoms with Crippen LogP contribution in [0.1, 0.15) is 33.6 Å². The first-order chi connectivity index (χ1) is 9.24. The number of benzene rings is 1. The fourth-order valence-corrected chi connectivity index (χ4v) is 3.59. The molecule has 2 heterocycles. The lowest BCUT2D eigenvalue weighted by molar-refractivity contribution is 0.0363. The van der Waals surface area contributed by atoms with Crippen molar-refractivity contribution in [2.24, 2.45) is 0 Å². The molecule has 1 saturated heterocycles. The lowest BCUT2D eigenvalue weighted by Crippen LogP contribution is -2.25. The van der Waals surface area contributed by atoms with Crippen molar-refractivity contribution in [2.75, 3.05) is 6.61 Å². The second-order valence-corrected chi connectivity index (χ2v) is 6.02. The fraction of sp³-hybridized carbons (Fsp3) is 0.267. The van der Waals surface area contributed by atoms with Gasteiger partial charge < -0.3 is 4.74 Å². The third kappa shape index (κ3) is 2.22. The minimum atomic E-state index is -0.442. The molecule has 0 aliphatic carbocycles. The molecule has 0 bridgehead atoms. The Morgan fingerprint density at radius 2 is 2.21 bits per heavy atom. The molecule has 1 fully saturated rings. The quantitative estimate of drug-likeness (QED) is 0.790. The van der Waals surface area contributed by atoms with Crippen LogP contribution in [0.3, 0.4) is 0 Å². The Morgan fingerprint density at radius 1 is 1.32 bits per heavy atom. The van der Waals surface area contributed by atoms with Gasteiger partial charge in [-0.25, -0.2) is 0 Å². The minimum Gasteiger partial charge on any atom is -0.366 e. The fourth-order valence-electron chi connectivity index (χ4n) is 2.63. The highest BCUT2D eigenvalue weighted by atomic mass is 35.5. The van der Waals surface area contributed by atoms with Gasteiger partial charge in [-0.1, -0.05) is 23.7 Å². The molecular weight excluding hydrogens is 280 g/mol. The molecule has 0 radical (unpaired) electrons. The van der Waals surface area contributed by atoms with Gasteiger partial charge in [-0.05, 0) is 47.5 Å². The summed E-state index contributed by atoms with van der Waals surface area (Å²) in [6.07, 6.45) is 2.82. The van der Waals surface area contributed by atoms with Crippen molar-refractivity contribution in [2.45, 2.75) is 18.4 Å². The third-order valence-corrected chi connectivity index (χ3v) is 4.61. The van der Waals surface area contributed by atoms with E-state index in [-0.39, 0.29) is 0 Å². The predicted molar refractivity (Wildman–Crippen MR) is 77.1 cm³/mol. The van der Waals surface area contributed by atoms with Gasteiger partial charge in [0.05, 0.1) is 4.88 Å². The zero-order valence-corrected chi connectivity index (χ0v) is 11.8. The van der Waals surface area contributed by atoms with E-state index < -0.39 is 5.60 Å². The number of rotatable bonds is 3. The summed E-state index contributed by atoms with van der Waals surface area (Å²) in [4.78, 5) is 11.6. The van der Waals surface area contributed by atoms with E-state index in [4.69, 9.17) is 16.3 Å². The summed E-state index contributed by atoms with van der Waals surface area (Å²) < 4.78 is 6.06. The molecule has 0 amide bonds. The molecule has 0 saturated carbocycles. The maximum atomic E-state index is 10.9. The predicted octanol–water partition coefficient (Wildman–Crippen LogP) is 4.27.